The standard InChI is InChI=1S/C17H22N2O2S/c1-10-7-6-8-11(2)15(10)21-9-12(3)18-17(20)16-13(4)19-14(5)22-16/h6-8,12H,9H2,1-5H3,(H,18,20). The Hall–Kier alpha value is -1.88. The predicted octanol–water partition coefficient (Wildman–Crippen LogP) is 3.57. The number of thiazole rings is 1. The number of hydrogen-bond donors (Lipinski definition) is 1. The number of amides is 1. The molecule has 2 rings (SSSR count). The van der Waals surface area contributed by atoms with E-state index in [1.165, 1.54) is 11.3 Å². The van der Waals surface area contributed by atoms with Crippen molar-refractivity contribution in [2.24, 2.45) is 0 Å². The number of nitrogens with zero attached hydrogens (tertiary/aromatic N) is 1. The molecule has 1 heterocycles. The molecule has 0 saturated heterocycles. The molecule has 0 spiro atoms. The Morgan fingerprint density at radius 2 is 1.91 bits per heavy atom. The van der Waals surface area contributed by atoms with Crippen molar-refractivity contribution in [1.29, 1.82) is 0 Å². The summed E-state index contributed by atoms with van der Waals surface area (Å²) in [5.41, 5.74) is 2.99. The lowest BCUT2D eigenvalue weighted by Gasteiger charge is -2.17. The maximum atomic E-state index is 12.2. The van der Waals surface area contributed by atoms with Crippen LogP contribution in [0.15, 0.2) is 18.2 Å². The second-order valence-corrected chi connectivity index (χ2v) is 6.76. The Kier molecular flexibility index (Phi) is 5.19. The highest BCUT2D eigenvalue weighted by atomic mass is 32.1. The first kappa shape index (κ1) is 16.5. The number of aromatic nitrogens is 1. The van der Waals surface area contributed by atoms with Crippen molar-refractivity contribution in [3.05, 3.63) is 44.9 Å². The predicted molar refractivity (Wildman–Crippen MR) is 89.9 cm³/mol. The van der Waals surface area contributed by atoms with E-state index in [0.29, 0.717) is 11.5 Å². The normalized spacial score (nSPS) is 12.0. The maximum absolute atomic E-state index is 12.2. The average Bonchev–Trinajstić information content (AvgIpc) is 2.77. The number of nitrogens with one attached hydrogen (secondary N) is 1. The van der Waals surface area contributed by atoms with E-state index in [-0.39, 0.29) is 11.9 Å². The molecule has 1 aromatic heterocycles. The summed E-state index contributed by atoms with van der Waals surface area (Å²) < 4.78 is 5.87. The number of benzene rings is 1. The molecule has 2 aromatic rings. The fourth-order valence-electron chi connectivity index (χ4n) is 2.31. The first-order valence-electron chi connectivity index (χ1n) is 7.32. The molecular weight excluding hydrogens is 296 g/mol. The molecule has 0 aliphatic heterocycles. The van der Waals surface area contributed by atoms with Gasteiger partial charge in [0.1, 0.15) is 17.2 Å². The monoisotopic (exact) mass is 318 g/mol. The molecule has 0 saturated carbocycles. The van der Waals surface area contributed by atoms with Gasteiger partial charge in [0.25, 0.3) is 5.91 Å². The number of rotatable bonds is 5. The first-order chi connectivity index (χ1) is 10.4. The molecule has 0 bridgehead atoms. The van der Waals surface area contributed by atoms with Crippen LogP contribution >= 0.6 is 11.3 Å². The second-order valence-electron chi connectivity index (χ2n) is 5.55. The number of carbonyl (C=O) groups excluding carboxylic acids is 1. The zero-order valence-corrected chi connectivity index (χ0v) is 14.5. The number of carbonyl (C=O) groups is 1. The molecule has 118 valence electrons. The fraction of sp³-hybridized carbons (Fsp3) is 0.412. The Morgan fingerprint density at radius 1 is 1.27 bits per heavy atom. The molecule has 0 radical (unpaired) electrons. The van der Waals surface area contributed by atoms with Gasteiger partial charge in [-0.05, 0) is 45.7 Å². The van der Waals surface area contributed by atoms with Gasteiger partial charge in [0.2, 0.25) is 0 Å². The van der Waals surface area contributed by atoms with E-state index in [9.17, 15) is 4.79 Å². The highest BCUT2D eigenvalue weighted by Gasteiger charge is 2.16. The van der Waals surface area contributed by atoms with Crippen LogP contribution in [0.5, 0.6) is 5.75 Å². The van der Waals surface area contributed by atoms with Crippen LogP contribution in [0.4, 0.5) is 0 Å². The Bertz CT molecular complexity index is 659. The first-order valence-corrected chi connectivity index (χ1v) is 8.14. The topological polar surface area (TPSA) is 51.2 Å². The molecule has 0 aliphatic rings. The lowest BCUT2D eigenvalue weighted by molar-refractivity contribution is 0.0930. The molecule has 4 nitrogen and oxygen atoms in total. The third-order valence-electron chi connectivity index (χ3n) is 3.37. The van der Waals surface area contributed by atoms with Gasteiger partial charge in [-0.2, -0.15) is 0 Å². The highest BCUT2D eigenvalue weighted by Crippen LogP contribution is 2.22. The number of ether oxygens (including phenoxy) is 1. The quantitative estimate of drug-likeness (QED) is 0.917. The van der Waals surface area contributed by atoms with Gasteiger partial charge >= 0.3 is 0 Å². The smallest absolute Gasteiger partial charge is 0.263 e. The van der Waals surface area contributed by atoms with Crippen LogP contribution < -0.4 is 10.1 Å². The molecule has 1 unspecified atom stereocenters. The van der Waals surface area contributed by atoms with E-state index < -0.39 is 0 Å². The number of hydrogen-bond acceptors (Lipinski definition) is 4. The van der Waals surface area contributed by atoms with Crippen molar-refractivity contribution < 1.29 is 9.53 Å². The Balaban J connectivity index is 1.94. The third kappa shape index (κ3) is 3.85. The minimum absolute atomic E-state index is 0.0756. The van der Waals surface area contributed by atoms with Crippen LogP contribution in [0.25, 0.3) is 0 Å². The van der Waals surface area contributed by atoms with Crippen molar-refractivity contribution in [2.45, 2.75) is 40.7 Å². The zero-order chi connectivity index (χ0) is 16.3. The molecule has 1 amide bonds. The van der Waals surface area contributed by atoms with Gasteiger partial charge in [-0.25, -0.2) is 4.98 Å². The maximum Gasteiger partial charge on any atom is 0.263 e. The molecule has 5 heteroatoms. The summed E-state index contributed by atoms with van der Waals surface area (Å²) in [5, 5.41) is 3.87. The van der Waals surface area contributed by atoms with Crippen LogP contribution in [0.2, 0.25) is 0 Å². The molecule has 1 aromatic carbocycles. The molecule has 0 aliphatic carbocycles. The molecule has 1 N–H and O–H groups in total. The summed E-state index contributed by atoms with van der Waals surface area (Å²) >= 11 is 1.42. The van der Waals surface area contributed by atoms with E-state index in [1.54, 1.807) is 0 Å². The van der Waals surface area contributed by atoms with Crippen LogP contribution in [-0.4, -0.2) is 23.5 Å². The van der Waals surface area contributed by atoms with Crippen molar-refractivity contribution in [1.82, 2.24) is 10.3 Å². The van der Waals surface area contributed by atoms with Gasteiger partial charge in [-0.1, -0.05) is 18.2 Å². The zero-order valence-electron chi connectivity index (χ0n) is 13.7. The minimum Gasteiger partial charge on any atom is -0.491 e. The van der Waals surface area contributed by atoms with Crippen LogP contribution in [-0.2, 0) is 0 Å². The molecule has 1 atom stereocenters. The summed E-state index contributed by atoms with van der Waals surface area (Å²) in [6.45, 7) is 10.2. The van der Waals surface area contributed by atoms with Gasteiger partial charge in [-0.15, -0.1) is 11.3 Å². The third-order valence-corrected chi connectivity index (χ3v) is 4.45. The van der Waals surface area contributed by atoms with E-state index >= 15 is 0 Å². The van der Waals surface area contributed by atoms with Crippen molar-refractivity contribution in [2.75, 3.05) is 6.61 Å². The van der Waals surface area contributed by atoms with Crippen molar-refractivity contribution >= 4 is 17.2 Å². The van der Waals surface area contributed by atoms with Gasteiger partial charge in [-0.3, -0.25) is 4.79 Å². The molecule has 22 heavy (non-hydrogen) atoms. The van der Waals surface area contributed by atoms with E-state index in [1.807, 2.05) is 52.8 Å². The summed E-state index contributed by atoms with van der Waals surface area (Å²) in [7, 11) is 0. The number of para-hydroxylation sites is 1. The van der Waals surface area contributed by atoms with Crippen LogP contribution in [0.3, 0.4) is 0 Å². The summed E-state index contributed by atoms with van der Waals surface area (Å²) in [4.78, 5) is 17.2. The second kappa shape index (κ2) is 6.92. The van der Waals surface area contributed by atoms with Crippen LogP contribution in [0, 0.1) is 27.7 Å². The molecule has 0 fully saturated rings. The van der Waals surface area contributed by atoms with E-state index in [4.69, 9.17) is 4.74 Å². The summed E-state index contributed by atoms with van der Waals surface area (Å²) in [5.74, 6) is 0.814. The Morgan fingerprint density at radius 3 is 2.45 bits per heavy atom. The van der Waals surface area contributed by atoms with E-state index in [0.717, 1.165) is 27.6 Å². The fourth-order valence-corrected chi connectivity index (χ4v) is 3.13. The lowest BCUT2D eigenvalue weighted by atomic mass is 10.1. The van der Waals surface area contributed by atoms with Gasteiger partial charge < -0.3 is 10.1 Å². The molecular formula is C17H22N2O2S. The van der Waals surface area contributed by atoms with E-state index in [2.05, 4.69) is 10.3 Å². The van der Waals surface area contributed by atoms with Crippen molar-refractivity contribution in [3.8, 4) is 5.75 Å². The van der Waals surface area contributed by atoms with Crippen LogP contribution in [0.1, 0.15) is 38.4 Å². The summed E-state index contributed by atoms with van der Waals surface area (Å²) in [6.07, 6.45) is 0. The lowest BCUT2D eigenvalue weighted by Crippen LogP contribution is -2.36. The largest absolute Gasteiger partial charge is 0.491 e. The SMILES string of the molecule is Cc1nc(C)c(C(=O)NC(C)COc2c(C)cccc2C)s1. The summed E-state index contributed by atoms with van der Waals surface area (Å²) in [6, 6.07) is 5.98. The average molecular weight is 318 g/mol. The highest BCUT2D eigenvalue weighted by molar-refractivity contribution is 7.13. The number of aryl methyl sites for hydroxylation is 4. The van der Waals surface area contributed by atoms with Gasteiger partial charge in [0.15, 0.2) is 0 Å². The van der Waals surface area contributed by atoms with Gasteiger partial charge in [0, 0.05) is 0 Å². The Labute approximate surface area is 135 Å². The van der Waals surface area contributed by atoms with Crippen molar-refractivity contribution in [3.63, 3.8) is 0 Å². The van der Waals surface area contributed by atoms with Gasteiger partial charge in [0.05, 0.1) is 16.7 Å². The minimum atomic E-state index is -0.0827.